The van der Waals surface area contributed by atoms with Crippen molar-refractivity contribution in [3.8, 4) is 0 Å². The van der Waals surface area contributed by atoms with Gasteiger partial charge in [0.2, 0.25) is 0 Å². The van der Waals surface area contributed by atoms with E-state index in [1.807, 2.05) is 37.1 Å². The molecule has 1 fully saturated rings. The molecule has 0 spiro atoms. The second kappa shape index (κ2) is 5.98. The predicted molar refractivity (Wildman–Crippen MR) is 93.0 cm³/mol. The van der Waals surface area contributed by atoms with E-state index in [4.69, 9.17) is 0 Å². The minimum Gasteiger partial charge on any atom is -0.329 e. The van der Waals surface area contributed by atoms with Crippen LogP contribution >= 0.6 is 11.3 Å². The average molecular weight is 341 g/mol. The lowest BCUT2D eigenvalue weighted by molar-refractivity contribution is 0.0611. The van der Waals surface area contributed by atoms with Crippen molar-refractivity contribution >= 4 is 28.3 Å². The average Bonchev–Trinajstić information content (AvgIpc) is 3.20. The number of carbonyl (C=O) groups is 1. The topological polar surface area (TPSA) is 63.9 Å². The van der Waals surface area contributed by atoms with Crippen LogP contribution in [0.1, 0.15) is 46.4 Å². The fourth-order valence-corrected chi connectivity index (χ4v) is 4.24. The van der Waals surface area contributed by atoms with Crippen LogP contribution in [0.4, 0.5) is 0 Å². The molecule has 0 saturated carbocycles. The van der Waals surface area contributed by atoms with Gasteiger partial charge in [-0.25, -0.2) is 9.67 Å². The summed E-state index contributed by atoms with van der Waals surface area (Å²) in [6.45, 7) is 2.78. The summed E-state index contributed by atoms with van der Waals surface area (Å²) in [5, 5.41) is 11.2. The van der Waals surface area contributed by atoms with E-state index < -0.39 is 0 Å². The first-order valence-corrected chi connectivity index (χ1v) is 9.04. The fourth-order valence-electron chi connectivity index (χ4n) is 3.30. The molecule has 124 valence electrons. The highest BCUT2D eigenvalue weighted by Crippen LogP contribution is 2.34. The highest BCUT2D eigenvalue weighted by molar-refractivity contribution is 7.09. The zero-order valence-corrected chi connectivity index (χ0v) is 14.6. The van der Waals surface area contributed by atoms with Gasteiger partial charge in [0.05, 0.1) is 11.6 Å². The maximum atomic E-state index is 13.1. The Morgan fingerprint density at radius 1 is 1.33 bits per heavy atom. The lowest BCUT2D eigenvalue weighted by Gasteiger charge is -2.34. The van der Waals surface area contributed by atoms with Crippen LogP contribution in [0.2, 0.25) is 0 Å². The largest absolute Gasteiger partial charge is 0.329 e. The molecule has 0 bridgehead atoms. The van der Waals surface area contributed by atoms with Gasteiger partial charge in [-0.3, -0.25) is 4.79 Å². The maximum absolute atomic E-state index is 13.1. The Morgan fingerprint density at radius 2 is 2.21 bits per heavy atom. The molecular weight excluding hydrogens is 322 g/mol. The number of carbonyl (C=O) groups excluding carboxylic acids is 1. The van der Waals surface area contributed by atoms with Gasteiger partial charge in [-0.2, -0.15) is 0 Å². The van der Waals surface area contributed by atoms with Gasteiger partial charge in [-0.05, 0) is 44.4 Å². The van der Waals surface area contributed by atoms with Crippen LogP contribution in [-0.2, 0) is 7.05 Å². The molecule has 0 unspecified atom stereocenters. The summed E-state index contributed by atoms with van der Waals surface area (Å²) in [5.74, 6) is 0.0557. The molecule has 3 aromatic rings. The molecule has 1 aromatic carbocycles. The summed E-state index contributed by atoms with van der Waals surface area (Å²) in [7, 11) is 1.85. The molecule has 1 aliphatic rings. The number of rotatable bonds is 2. The third-order valence-corrected chi connectivity index (χ3v) is 5.61. The van der Waals surface area contributed by atoms with Gasteiger partial charge in [-0.1, -0.05) is 5.21 Å². The van der Waals surface area contributed by atoms with E-state index >= 15 is 0 Å². The minimum atomic E-state index is 0.0557. The molecule has 0 aliphatic carbocycles. The Kier molecular flexibility index (Phi) is 3.80. The van der Waals surface area contributed by atoms with Gasteiger partial charge in [-0.15, -0.1) is 16.4 Å². The molecular formula is C17H19N5OS. The Morgan fingerprint density at radius 3 is 3.00 bits per heavy atom. The van der Waals surface area contributed by atoms with Crippen molar-refractivity contribution < 1.29 is 4.79 Å². The highest BCUT2D eigenvalue weighted by Gasteiger charge is 2.30. The monoisotopic (exact) mass is 341 g/mol. The van der Waals surface area contributed by atoms with Crippen molar-refractivity contribution in [1.29, 1.82) is 0 Å². The molecule has 4 rings (SSSR count). The summed E-state index contributed by atoms with van der Waals surface area (Å²) >= 11 is 1.65. The number of amides is 1. The molecule has 0 radical (unpaired) electrons. The predicted octanol–water partition coefficient (Wildman–Crippen LogP) is 3.10. The molecule has 1 atom stereocenters. The van der Waals surface area contributed by atoms with Crippen molar-refractivity contribution in [3.63, 3.8) is 0 Å². The number of aromatic nitrogens is 4. The van der Waals surface area contributed by atoms with Crippen LogP contribution in [0, 0.1) is 6.92 Å². The second-order valence-electron chi connectivity index (χ2n) is 6.25. The summed E-state index contributed by atoms with van der Waals surface area (Å²) in [4.78, 5) is 19.7. The summed E-state index contributed by atoms with van der Waals surface area (Å²) in [6, 6.07) is 5.70. The number of likely N-dealkylation sites (tertiary alicyclic amines) is 1. The van der Waals surface area contributed by atoms with Crippen LogP contribution in [-0.4, -0.2) is 37.3 Å². The summed E-state index contributed by atoms with van der Waals surface area (Å²) in [6.07, 6.45) is 3.16. The molecule has 3 heterocycles. The Bertz CT molecular complexity index is 899. The normalized spacial score (nSPS) is 18.2. The highest BCUT2D eigenvalue weighted by atomic mass is 32.1. The van der Waals surface area contributed by atoms with Gasteiger partial charge in [0.1, 0.15) is 10.5 Å². The van der Waals surface area contributed by atoms with Crippen molar-refractivity contribution in [2.45, 2.75) is 32.2 Å². The van der Waals surface area contributed by atoms with E-state index in [0.29, 0.717) is 5.56 Å². The quantitative estimate of drug-likeness (QED) is 0.718. The van der Waals surface area contributed by atoms with Crippen LogP contribution < -0.4 is 0 Å². The molecule has 6 nitrogen and oxygen atoms in total. The van der Waals surface area contributed by atoms with Crippen molar-refractivity contribution in [2.24, 2.45) is 7.05 Å². The number of benzene rings is 1. The first kappa shape index (κ1) is 15.3. The standard InChI is InChI=1S/C17H19N5OS/c1-11-10-24-16(18-11)15-5-3-4-8-22(15)17(23)12-6-7-14-13(9-12)19-20-21(14)2/h6-7,9-10,15H,3-5,8H2,1-2H3/t15-/m1/s1. The van der Waals surface area contributed by atoms with E-state index in [1.165, 1.54) is 0 Å². The Labute approximate surface area is 144 Å². The van der Waals surface area contributed by atoms with Crippen LogP contribution in [0.5, 0.6) is 0 Å². The molecule has 1 saturated heterocycles. The third-order valence-electron chi connectivity index (χ3n) is 4.54. The molecule has 7 heteroatoms. The van der Waals surface area contributed by atoms with Gasteiger partial charge < -0.3 is 4.90 Å². The number of piperidine rings is 1. The zero-order valence-electron chi connectivity index (χ0n) is 13.8. The van der Waals surface area contributed by atoms with Gasteiger partial charge in [0.25, 0.3) is 5.91 Å². The number of hydrogen-bond donors (Lipinski definition) is 0. The van der Waals surface area contributed by atoms with E-state index in [-0.39, 0.29) is 11.9 Å². The van der Waals surface area contributed by atoms with E-state index in [0.717, 1.165) is 47.5 Å². The number of thiazole rings is 1. The fraction of sp³-hybridized carbons (Fsp3) is 0.412. The molecule has 1 aliphatic heterocycles. The van der Waals surface area contributed by atoms with Crippen LogP contribution in [0.25, 0.3) is 11.0 Å². The van der Waals surface area contributed by atoms with Crippen molar-refractivity contribution in [2.75, 3.05) is 6.54 Å². The Balaban J connectivity index is 1.67. The van der Waals surface area contributed by atoms with E-state index in [9.17, 15) is 4.79 Å². The van der Waals surface area contributed by atoms with Gasteiger partial charge >= 0.3 is 0 Å². The van der Waals surface area contributed by atoms with Crippen LogP contribution in [0.3, 0.4) is 0 Å². The second-order valence-corrected chi connectivity index (χ2v) is 7.14. The maximum Gasteiger partial charge on any atom is 0.254 e. The lowest BCUT2D eigenvalue weighted by atomic mass is 10.0. The molecule has 1 amide bonds. The van der Waals surface area contributed by atoms with Crippen LogP contribution in [0.15, 0.2) is 23.6 Å². The Hall–Kier alpha value is -2.28. The lowest BCUT2D eigenvalue weighted by Crippen LogP contribution is -2.38. The van der Waals surface area contributed by atoms with Gasteiger partial charge in [0.15, 0.2) is 0 Å². The summed E-state index contributed by atoms with van der Waals surface area (Å²) in [5.41, 5.74) is 3.37. The number of hydrogen-bond acceptors (Lipinski definition) is 5. The first-order valence-electron chi connectivity index (χ1n) is 8.16. The first-order chi connectivity index (χ1) is 11.6. The molecule has 0 N–H and O–H groups in total. The SMILES string of the molecule is Cc1csc([C@H]2CCCCN2C(=O)c2ccc3c(c2)nnn3C)n1. The minimum absolute atomic E-state index is 0.0557. The third kappa shape index (κ3) is 2.58. The van der Waals surface area contributed by atoms with Crippen molar-refractivity contribution in [1.82, 2.24) is 24.9 Å². The number of aryl methyl sites for hydroxylation is 2. The number of nitrogens with zero attached hydrogens (tertiary/aromatic N) is 5. The van der Waals surface area contributed by atoms with E-state index in [2.05, 4.69) is 20.7 Å². The number of fused-ring (bicyclic) bond motifs is 1. The van der Waals surface area contributed by atoms with Gasteiger partial charge in [0, 0.05) is 30.2 Å². The summed E-state index contributed by atoms with van der Waals surface area (Å²) < 4.78 is 1.71. The van der Waals surface area contributed by atoms with E-state index in [1.54, 1.807) is 16.0 Å². The molecule has 2 aromatic heterocycles. The van der Waals surface area contributed by atoms with Crippen molar-refractivity contribution in [3.05, 3.63) is 39.8 Å². The smallest absolute Gasteiger partial charge is 0.254 e. The zero-order chi connectivity index (χ0) is 16.7. The molecule has 24 heavy (non-hydrogen) atoms.